The molecular formula is C13H11FN2O. The normalized spacial score (nSPS) is 14.3. The van der Waals surface area contributed by atoms with E-state index < -0.39 is 0 Å². The molecule has 1 aromatic carbocycles. The standard InChI is InChI=1S/C13H11FN2O/c14-9-3-1-8(2-4-9)10-7-16-11-5-6-15-13(17)12(10)11/h1-4,7,16H,5-6H2,(H,15,17). The molecule has 0 saturated carbocycles. The summed E-state index contributed by atoms with van der Waals surface area (Å²) in [5.74, 6) is -0.338. The third kappa shape index (κ3) is 1.62. The van der Waals surface area contributed by atoms with E-state index in [1.54, 1.807) is 12.1 Å². The molecule has 2 N–H and O–H groups in total. The van der Waals surface area contributed by atoms with Crippen LogP contribution in [0.4, 0.5) is 4.39 Å². The van der Waals surface area contributed by atoms with Crippen molar-refractivity contribution in [2.75, 3.05) is 6.54 Å². The molecule has 0 saturated heterocycles. The van der Waals surface area contributed by atoms with Crippen molar-refractivity contribution in [2.24, 2.45) is 0 Å². The number of hydrogen-bond donors (Lipinski definition) is 2. The summed E-state index contributed by atoms with van der Waals surface area (Å²) in [7, 11) is 0. The van der Waals surface area contributed by atoms with E-state index >= 15 is 0 Å². The molecule has 0 atom stereocenters. The van der Waals surface area contributed by atoms with E-state index in [1.807, 2.05) is 6.20 Å². The van der Waals surface area contributed by atoms with E-state index in [2.05, 4.69) is 10.3 Å². The summed E-state index contributed by atoms with van der Waals surface area (Å²) < 4.78 is 12.9. The highest BCUT2D eigenvalue weighted by Gasteiger charge is 2.22. The fraction of sp³-hybridized carbons (Fsp3) is 0.154. The minimum atomic E-state index is -0.275. The van der Waals surface area contributed by atoms with Crippen LogP contribution in [0.25, 0.3) is 11.1 Å². The molecule has 0 fully saturated rings. The van der Waals surface area contributed by atoms with Crippen molar-refractivity contribution in [1.29, 1.82) is 0 Å². The van der Waals surface area contributed by atoms with Gasteiger partial charge in [0.1, 0.15) is 5.82 Å². The van der Waals surface area contributed by atoms with Crippen LogP contribution in [0.5, 0.6) is 0 Å². The molecule has 86 valence electrons. The molecule has 0 bridgehead atoms. The Bertz CT molecular complexity index is 572. The molecule has 0 spiro atoms. The first-order valence-electron chi connectivity index (χ1n) is 5.50. The van der Waals surface area contributed by atoms with Gasteiger partial charge in [-0.3, -0.25) is 4.79 Å². The topological polar surface area (TPSA) is 44.9 Å². The summed E-state index contributed by atoms with van der Waals surface area (Å²) in [6.07, 6.45) is 2.62. The minimum Gasteiger partial charge on any atom is -0.364 e. The van der Waals surface area contributed by atoms with E-state index in [0.717, 1.165) is 23.2 Å². The quantitative estimate of drug-likeness (QED) is 0.774. The second-order valence-corrected chi connectivity index (χ2v) is 4.07. The highest BCUT2D eigenvalue weighted by atomic mass is 19.1. The lowest BCUT2D eigenvalue weighted by molar-refractivity contribution is 0.0946. The molecule has 0 aliphatic carbocycles. The van der Waals surface area contributed by atoms with Crippen molar-refractivity contribution in [3.8, 4) is 11.1 Å². The van der Waals surface area contributed by atoms with Gasteiger partial charge >= 0.3 is 0 Å². The number of fused-ring (bicyclic) bond motifs is 1. The molecule has 0 unspecified atom stereocenters. The zero-order chi connectivity index (χ0) is 11.8. The number of rotatable bonds is 1. The van der Waals surface area contributed by atoms with Gasteiger partial charge in [0.2, 0.25) is 0 Å². The van der Waals surface area contributed by atoms with Gasteiger partial charge in [-0.25, -0.2) is 4.39 Å². The third-order valence-corrected chi connectivity index (χ3v) is 3.00. The van der Waals surface area contributed by atoms with Crippen LogP contribution in [-0.2, 0) is 6.42 Å². The summed E-state index contributed by atoms with van der Waals surface area (Å²) in [5, 5.41) is 2.81. The third-order valence-electron chi connectivity index (χ3n) is 3.00. The van der Waals surface area contributed by atoms with Crippen molar-refractivity contribution >= 4 is 5.91 Å². The smallest absolute Gasteiger partial charge is 0.253 e. The van der Waals surface area contributed by atoms with Gasteiger partial charge in [-0.15, -0.1) is 0 Å². The lowest BCUT2D eigenvalue weighted by Gasteiger charge is -2.13. The zero-order valence-corrected chi connectivity index (χ0v) is 9.09. The molecule has 0 radical (unpaired) electrons. The van der Waals surface area contributed by atoms with E-state index in [-0.39, 0.29) is 11.7 Å². The number of nitrogens with one attached hydrogen (secondary N) is 2. The Balaban J connectivity index is 2.12. The van der Waals surface area contributed by atoms with Crippen molar-refractivity contribution in [1.82, 2.24) is 10.3 Å². The summed E-state index contributed by atoms with van der Waals surface area (Å²) in [5.41, 5.74) is 3.31. The second kappa shape index (κ2) is 3.73. The fourth-order valence-corrected chi connectivity index (χ4v) is 2.17. The first kappa shape index (κ1) is 10.1. The summed E-state index contributed by atoms with van der Waals surface area (Å²) in [4.78, 5) is 14.9. The number of aromatic amines is 1. The molecule has 1 aromatic heterocycles. The lowest BCUT2D eigenvalue weighted by atomic mass is 9.99. The Hall–Kier alpha value is -2.10. The summed E-state index contributed by atoms with van der Waals surface area (Å²) in [6, 6.07) is 6.16. The molecule has 1 aliphatic heterocycles. The van der Waals surface area contributed by atoms with Gasteiger partial charge in [0.15, 0.2) is 0 Å². The molecule has 2 aromatic rings. The van der Waals surface area contributed by atoms with Gasteiger partial charge in [0, 0.05) is 30.4 Å². The van der Waals surface area contributed by atoms with Crippen molar-refractivity contribution in [3.05, 3.63) is 47.5 Å². The first-order chi connectivity index (χ1) is 8.25. The van der Waals surface area contributed by atoms with Crippen LogP contribution in [0.15, 0.2) is 30.5 Å². The first-order valence-corrected chi connectivity index (χ1v) is 5.50. The largest absolute Gasteiger partial charge is 0.364 e. The molecule has 2 heterocycles. The van der Waals surface area contributed by atoms with Crippen LogP contribution in [0.2, 0.25) is 0 Å². The second-order valence-electron chi connectivity index (χ2n) is 4.07. The molecule has 1 aliphatic rings. The Kier molecular flexibility index (Phi) is 2.21. The monoisotopic (exact) mass is 230 g/mol. The van der Waals surface area contributed by atoms with E-state index in [9.17, 15) is 9.18 Å². The summed E-state index contributed by atoms with van der Waals surface area (Å²) in [6.45, 7) is 0.662. The van der Waals surface area contributed by atoms with Crippen molar-refractivity contribution in [2.45, 2.75) is 6.42 Å². The number of carbonyl (C=O) groups is 1. The van der Waals surface area contributed by atoms with E-state index in [0.29, 0.717) is 12.1 Å². The van der Waals surface area contributed by atoms with Crippen LogP contribution in [-0.4, -0.2) is 17.4 Å². The van der Waals surface area contributed by atoms with Gasteiger partial charge in [-0.05, 0) is 17.7 Å². The molecule has 3 nitrogen and oxygen atoms in total. The molecule has 17 heavy (non-hydrogen) atoms. The van der Waals surface area contributed by atoms with Crippen LogP contribution in [0.3, 0.4) is 0 Å². The van der Waals surface area contributed by atoms with Gasteiger partial charge in [-0.1, -0.05) is 12.1 Å². The molecule has 4 heteroatoms. The van der Waals surface area contributed by atoms with Crippen molar-refractivity contribution < 1.29 is 9.18 Å². The van der Waals surface area contributed by atoms with E-state index in [1.165, 1.54) is 12.1 Å². The summed E-state index contributed by atoms with van der Waals surface area (Å²) >= 11 is 0. The van der Waals surface area contributed by atoms with Crippen LogP contribution >= 0.6 is 0 Å². The van der Waals surface area contributed by atoms with Crippen LogP contribution in [0.1, 0.15) is 16.1 Å². The van der Waals surface area contributed by atoms with E-state index in [4.69, 9.17) is 0 Å². The Morgan fingerprint density at radius 2 is 1.94 bits per heavy atom. The molecule has 1 amide bonds. The Morgan fingerprint density at radius 3 is 2.71 bits per heavy atom. The lowest BCUT2D eigenvalue weighted by Crippen LogP contribution is -2.31. The zero-order valence-electron chi connectivity index (χ0n) is 9.09. The highest BCUT2D eigenvalue weighted by molar-refractivity contribution is 6.03. The maximum Gasteiger partial charge on any atom is 0.253 e. The van der Waals surface area contributed by atoms with Gasteiger partial charge in [-0.2, -0.15) is 0 Å². The predicted octanol–water partition coefficient (Wildman–Crippen LogP) is 2.11. The number of benzene rings is 1. The fourth-order valence-electron chi connectivity index (χ4n) is 2.17. The minimum absolute atomic E-state index is 0.0631. The average Bonchev–Trinajstić information content (AvgIpc) is 2.75. The Labute approximate surface area is 97.7 Å². The van der Waals surface area contributed by atoms with Gasteiger partial charge < -0.3 is 10.3 Å². The number of carbonyl (C=O) groups excluding carboxylic acids is 1. The number of H-pyrrole nitrogens is 1. The SMILES string of the molecule is O=C1NCCc2[nH]cc(-c3ccc(F)cc3)c21. The number of hydrogen-bond acceptors (Lipinski definition) is 1. The number of aromatic nitrogens is 1. The van der Waals surface area contributed by atoms with Crippen LogP contribution in [0, 0.1) is 5.82 Å². The number of amides is 1. The highest BCUT2D eigenvalue weighted by Crippen LogP contribution is 2.28. The van der Waals surface area contributed by atoms with Gasteiger partial charge in [0.25, 0.3) is 5.91 Å². The number of halogens is 1. The molecular weight excluding hydrogens is 219 g/mol. The van der Waals surface area contributed by atoms with Gasteiger partial charge in [0.05, 0.1) is 5.56 Å². The predicted molar refractivity (Wildman–Crippen MR) is 62.2 cm³/mol. The average molecular weight is 230 g/mol. The van der Waals surface area contributed by atoms with Crippen molar-refractivity contribution in [3.63, 3.8) is 0 Å². The maximum absolute atomic E-state index is 12.9. The maximum atomic E-state index is 12.9. The van der Waals surface area contributed by atoms with Crippen LogP contribution < -0.4 is 5.32 Å². The molecule has 3 rings (SSSR count). The Morgan fingerprint density at radius 1 is 1.18 bits per heavy atom.